The molecule has 10 N–H and O–H groups in total. The van der Waals surface area contributed by atoms with Crippen LogP contribution in [0, 0.1) is 34.9 Å². The average molecular weight is 2370 g/mol. The number of hydrogen-bond donors (Lipinski definition) is 5. The van der Waals surface area contributed by atoms with E-state index in [0.29, 0.717) is 10.8 Å². The Hall–Kier alpha value is -5.64. The molecule has 127 heavy (non-hydrogen) atoms. The van der Waals surface area contributed by atoms with Crippen molar-refractivity contribution in [2.45, 2.75) is 43.7 Å². The van der Waals surface area contributed by atoms with Gasteiger partial charge < -0.3 is 89.9 Å². The number of nitrogen functional groups attached to an aromatic ring is 1. The number of aromatic nitrogens is 12. The van der Waals surface area contributed by atoms with E-state index in [1.54, 1.807) is 4.90 Å². The third-order valence-electron chi connectivity index (χ3n) is 14.7. The molecule has 11 heterocycles. The minimum Gasteiger partial charge on any atom is -0.504 e. The maximum Gasteiger partial charge on any atom is 0.586 e. The van der Waals surface area contributed by atoms with E-state index >= 15 is 0 Å². The number of ether oxygens (including phenoxy) is 11. The summed E-state index contributed by atoms with van der Waals surface area (Å²) in [7, 11) is 2.73. The molecule has 0 aliphatic carbocycles. The van der Waals surface area contributed by atoms with Crippen molar-refractivity contribution in [3.63, 3.8) is 0 Å². The number of rotatable bonds is 2. The van der Waals surface area contributed by atoms with Gasteiger partial charge in [0.25, 0.3) is 0 Å². The largest absolute Gasteiger partial charge is 0.586 e. The number of anilines is 1. The molecule has 17 rings (SSSR count). The van der Waals surface area contributed by atoms with Gasteiger partial charge in [0.05, 0.1) is 14.2 Å². The van der Waals surface area contributed by atoms with Crippen LogP contribution in [-0.4, -0.2) is 160 Å². The van der Waals surface area contributed by atoms with E-state index in [1.807, 2.05) is 20.8 Å². The second-order valence-electron chi connectivity index (χ2n) is 24.2. The summed E-state index contributed by atoms with van der Waals surface area (Å²) >= 11 is 108. The first-order valence-electron chi connectivity index (χ1n) is 32.2. The molecule has 0 bridgehead atoms. The molecule has 1 amide bonds. The molecule has 0 saturated carbocycles. The maximum absolute atomic E-state index is 14.1. The van der Waals surface area contributed by atoms with Gasteiger partial charge >= 0.3 is 86.1 Å². The first kappa shape index (κ1) is 108. The van der Waals surface area contributed by atoms with Crippen molar-refractivity contribution < 1.29 is 116 Å². The van der Waals surface area contributed by atoms with Gasteiger partial charge in [-0.25, -0.2) is 90.9 Å². The molecule has 31 nitrogen and oxygen atoms in total. The molecule has 0 atom stereocenters. The fourth-order valence-corrected chi connectivity index (χ4v) is 12.7. The van der Waals surface area contributed by atoms with Gasteiger partial charge in [-0.15, -0.1) is 64.8 Å². The first-order valence-corrected chi connectivity index (χ1v) is 46.7. The Morgan fingerprint density at radius 1 is 0.488 bits per heavy atom. The fourth-order valence-electron chi connectivity index (χ4n) is 10.0. The zero-order valence-corrected chi connectivity index (χ0v) is 81.4. The van der Waals surface area contributed by atoms with Crippen LogP contribution in [0.3, 0.4) is 0 Å². The van der Waals surface area contributed by atoms with Crippen LogP contribution >= 0.6 is 258 Å². The fraction of sp³-hybridized carbons (Fsp3) is 0.222. The van der Waals surface area contributed by atoms with Crippen LogP contribution in [0.15, 0.2) is 36.4 Å². The number of alkyl halides is 6. The average Bonchev–Trinajstić information content (AvgIpc) is 1.63. The van der Waals surface area contributed by atoms with E-state index in [1.165, 1.54) is 32.4 Å². The van der Waals surface area contributed by atoms with Crippen LogP contribution in [0.2, 0.25) is 57.5 Å². The first-order chi connectivity index (χ1) is 57.8. The molecule has 64 heteroatoms. The predicted molar refractivity (Wildman–Crippen MR) is 475 cm³/mol. The van der Waals surface area contributed by atoms with Gasteiger partial charge in [0.1, 0.15) is 70.3 Å². The second kappa shape index (κ2) is 43.6. The van der Waals surface area contributed by atoms with E-state index < -0.39 is 90.1 Å². The molecule has 0 spiro atoms. The number of phenols is 2. The summed E-state index contributed by atoms with van der Waals surface area (Å²) < 4.78 is 181. The summed E-state index contributed by atoms with van der Waals surface area (Å²) in [4.78, 5) is 57.1. The van der Waals surface area contributed by atoms with E-state index in [-0.39, 0.29) is 186 Å². The Kier molecular flexibility index (Phi) is 37.2. The van der Waals surface area contributed by atoms with Crippen molar-refractivity contribution in [2.24, 2.45) is 0 Å². The summed E-state index contributed by atoms with van der Waals surface area (Å²) in [5, 5.41) is 21.0. The molecule has 0 unspecified atom stereocenters. The summed E-state index contributed by atoms with van der Waals surface area (Å²) in [5.41, 5.74) is 4.15. The smallest absolute Gasteiger partial charge is 0.504 e. The number of fused-ring (bicyclic) bond motifs is 10. The van der Waals surface area contributed by atoms with E-state index in [4.69, 9.17) is 256 Å². The number of carbonyl (C=O) groups is 1. The minimum atomic E-state index is -3.93. The number of piperazine rings is 1. The van der Waals surface area contributed by atoms with Gasteiger partial charge in [0.2, 0.25) is 61.5 Å². The maximum atomic E-state index is 14.1. The molecular weight excluding hydrogens is 2330 g/mol. The second-order valence-corrected chi connectivity index (χ2v) is 52.3. The molecule has 5 aliphatic rings. The van der Waals surface area contributed by atoms with Gasteiger partial charge in [0, 0.05) is 58.5 Å². The van der Waals surface area contributed by atoms with Gasteiger partial charge in [0.15, 0.2) is 80.9 Å². The summed E-state index contributed by atoms with van der Waals surface area (Å²) in [6, 6.07) is 7.59. The number of nitrogens with zero attached hydrogens (tertiary/aromatic N) is 13. The molecule has 6 aromatic heterocycles. The SMILES string of the molecule is BrB(Br)Br.CC(C)(C)OC(=O)N1CCNCC1.COc1cc2c(Cl)nc(Cl)nc2c(F)c1OC.ClP(Cl)(Cl)(Cl)Cl.Fc1c2c(cc3c(Cl)nc(Cl)nc13)OC(Cl)(Cl)O2.Fc1c2c(cc3c(Cl)nc(Cl)nc13)OC(F)(F)O2.Fc1c2c(cc3c(Cl)nc(Cl)nc13)OCO2.N.Nc1nc(Cl)nc2c(F)c3c(cc12)OC(F)(F)O3.O.Oc1cc2c(Cl)nc(Cl)nc2c(F)c1O. The molecule has 5 aliphatic heterocycles. The van der Waals surface area contributed by atoms with Crippen molar-refractivity contribution in [1.82, 2.24) is 76.2 Å². The summed E-state index contributed by atoms with van der Waals surface area (Å²) in [5.74, 6) is -9.35. The molecule has 12 aromatic rings. The van der Waals surface area contributed by atoms with E-state index in [0.717, 1.165) is 44.4 Å². The van der Waals surface area contributed by atoms with Crippen molar-refractivity contribution in [3.05, 3.63) is 129 Å². The normalized spacial score (nSPS) is 14.3. The van der Waals surface area contributed by atoms with Crippen molar-refractivity contribution >= 4 is 338 Å². The molecule has 1 fully saturated rings. The Morgan fingerprint density at radius 3 is 1.20 bits per heavy atom. The van der Waals surface area contributed by atoms with Crippen LogP contribution in [0.5, 0.6) is 69.0 Å². The van der Waals surface area contributed by atoms with Crippen LogP contribution in [0.4, 0.5) is 54.5 Å². The number of phenolic OH excluding ortho intramolecular Hbond substituents is 2. The predicted octanol–water partition coefficient (Wildman–Crippen LogP) is 24.7. The number of nitrogens with one attached hydrogen (secondary N) is 1. The van der Waals surface area contributed by atoms with Crippen LogP contribution in [-0.2, 0) is 4.74 Å². The summed E-state index contributed by atoms with van der Waals surface area (Å²) in [6.07, 6.45) is -8.05. The molecule has 6 aromatic carbocycles. The molecule has 0 radical (unpaired) electrons. The Labute approximate surface area is 817 Å². The number of methoxy groups -OCH3 is 2. The standard InChI is InChI=1S/C10H7Cl2FN2O2.C9HCl4FN2O2.C9HCl2F3N2O2.C9H3Cl2FN2O2.C9H3ClF3N3O2.C9H18N2O2.C8H3Cl2FN2O2.BBr3.Cl5P.H3N.H2O/c1-16-5-3-4-7(6(13)8(5)17-2)14-10(12)15-9(4)11;10-7-2-1-3-6(18-9(12,13)17-3)4(14)5(2)15-8(11)16-7;10-7-2-1-3-6(18-9(13,14)17-3)4(12)5(2)15-8(11)16-7;10-8-3-1-4-7(16-2-15-4)5(12)6(3)13-9(11)14-8;10-8-15-5-2(7(14)16-8)1-3-6(4(5)11)18-9(12,13)17-3;1-9(2,3)13-8(12)11-6-4-10-5-7-11;9-7-2-1-3(14)6(15)4(11)5(2)12-8(10)13-7;2-1(3)4;1-6(2,3,4)5;;/h3H,1-2H3;2*1H;1H,2H2;1H,(H2,14,15,16);10H,4-7H2,1-3H3;1,14-15H;;;1H3;1H2. The van der Waals surface area contributed by atoms with Gasteiger partial charge in [-0.05, 0) is 150 Å². The van der Waals surface area contributed by atoms with Gasteiger partial charge in [-0.2, -0.15) is 0 Å². The Balaban J connectivity index is 0.000000199. The third kappa shape index (κ3) is 28.5. The van der Waals surface area contributed by atoms with Crippen LogP contribution in [0.1, 0.15) is 20.8 Å². The molecule has 688 valence electrons. The minimum absolute atomic E-state index is 0. The summed E-state index contributed by atoms with van der Waals surface area (Å²) in [6.45, 7) is 8.83. The molecule has 1 saturated heterocycles. The number of carbonyl (C=O) groups excluding carboxylic acids is 1. The quantitative estimate of drug-likeness (QED) is 0.0204. The number of hydrogen-bond acceptors (Lipinski definition) is 29. The van der Waals surface area contributed by atoms with Crippen molar-refractivity contribution in [2.75, 3.05) is 52.9 Å². The van der Waals surface area contributed by atoms with E-state index in [9.17, 15) is 48.7 Å². The molecular formula is C63H41BBr3Cl18F10N16O15P. The van der Waals surface area contributed by atoms with Crippen molar-refractivity contribution in [3.8, 4) is 69.0 Å². The van der Waals surface area contributed by atoms with E-state index in [2.05, 4.69) is 131 Å². The number of halogens is 31. The zero-order valence-electron chi connectivity index (χ0n) is 62.1. The van der Waals surface area contributed by atoms with Crippen LogP contribution < -0.4 is 64.6 Å². The third-order valence-corrected chi connectivity index (χ3v) is 17.5. The Bertz CT molecular complexity index is 5940. The number of aromatic hydroxyl groups is 2. The zero-order chi connectivity index (χ0) is 93.2. The number of nitrogens with two attached hydrogens (primary N) is 1. The number of amides is 1. The van der Waals surface area contributed by atoms with Crippen LogP contribution in [0.25, 0.3) is 65.4 Å². The Morgan fingerprint density at radius 2 is 0.811 bits per heavy atom. The topological polar surface area (TPSA) is 422 Å². The van der Waals surface area contributed by atoms with Gasteiger partial charge in [-0.1, -0.05) is 58.0 Å². The monoisotopic (exact) mass is 2360 g/mol. The number of benzene rings is 6. The van der Waals surface area contributed by atoms with Gasteiger partial charge in [-0.3, -0.25) is 0 Å². The van der Waals surface area contributed by atoms with Crippen molar-refractivity contribution in [1.29, 1.82) is 0 Å².